The number of hydrogen-bond donors (Lipinski definition) is 2. The van der Waals surface area contributed by atoms with Gasteiger partial charge in [-0.15, -0.1) is 11.3 Å². The standard InChI is InChI=1S/C11H14INO2S/c12-9-5-8(6-16-9)10(15)13-7-11(1-2-11)3-4-14/h5-6,14H,1-4,7H2,(H,13,15). The lowest BCUT2D eigenvalue weighted by Gasteiger charge is -2.13. The lowest BCUT2D eigenvalue weighted by molar-refractivity contribution is 0.0941. The molecule has 0 aromatic carbocycles. The number of carbonyl (C=O) groups excluding carboxylic acids is 1. The molecule has 2 rings (SSSR count). The molecule has 1 aromatic heterocycles. The van der Waals surface area contributed by atoms with E-state index in [1.54, 1.807) is 11.3 Å². The summed E-state index contributed by atoms with van der Waals surface area (Å²) in [7, 11) is 0. The lowest BCUT2D eigenvalue weighted by atomic mass is 10.0. The van der Waals surface area contributed by atoms with Gasteiger partial charge in [0, 0.05) is 18.5 Å². The molecular formula is C11H14INO2S. The Balaban J connectivity index is 1.84. The van der Waals surface area contributed by atoms with Crippen molar-refractivity contribution in [3.63, 3.8) is 0 Å². The summed E-state index contributed by atoms with van der Waals surface area (Å²) in [5, 5.41) is 13.7. The number of rotatable bonds is 5. The van der Waals surface area contributed by atoms with Gasteiger partial charge in [0.15, 0.2) is 0 Å². The monoisotopic (exact) mass is 351 g/mol. The van der Waals surface area contributed by atoms with Gasteiger partial charge in [-0.3, -0.25) is 4.79 Å². The summed E-state index contributed by atoms with van der Waals surface area (Å²) in [6.07, 6.45) is 3.04. The predicted octanol–water partition coefficient (Wildman–Crippen LogP) is 2.25. The van der Waals surface area contributed by atoms with E-state index in [2.05, 4.69) is 27.9 Å². The van der Waals surface area contributed by atoms with E-state index >= 15 is 0 Å². The van der Waals surface area contributed by atoms with Crippen LogP contribution in [0, 0.1) is 8.30 Å². The highest BCUT2D eigenvalue weighted by Crippen LogP contribution is 2.47. The molecule has 3 nitrogen and oxygen atoms in total. The molecule has 1 aliphatic rings. The van der Waals surface area contributed by atoms with E-state index in [1.165, 1.54) is 0 Å². The van der Waals surface area contributed by atoms with Crippen LogP contribution in [0.1, 0.15) is 29.6 Å². The van der Waals surface area contributed by atoms with Crippen LogP contribution in [0.25, 0.3) is 0 Å². The number of thiophene rings is 1. The van der Waals surface area contributed by atoms with Crippen LogP contribution in [0.3, 0.4) is 0 Å². The van der Waals surface area contributed by atoms with Crippen molar-refractivity contribution < 1.29 is 9.90 Å². The van der Waals surface area contributed by atoms with Crippen molar-refractivity contribution in [3.8, 4) is 0 Å². The third kappa shape index (κ3) is 2.95. The van der Waals surface area contributed by atoms with Crippen molar-refractivity contribution in [1.29, 1.82) is 0 Å². The summed E-state index contributed by atoms with van der Waals surface area (Å²) in [6.45, 7) is 0.908. The molecule has 1 fully saturated rings. The highest BCUT2D eigenvalue weighted by Gasteiger charge is 2.41. The molecule has 1 amide bonds. The number of aliphatic hydroxyl groups is 1. The van der Waals surface area contributed by atoms with Crippen molar-refractivity contribution in [2.24, 2.45) is 5.41 Å². The summed E-state index contributed by atoms with van der Waals surface area (Å²) in [4.78, 5) is 11.8. The van der Waals surface area contributed by atoms with Gasteiger partial charge in [0.2, 0.25) is 0 Å². The summed E-state index contributed by atoms with van der Waals surface area (Å²) in [5.74, 6) is 0.00313. The fraction of sp³-hybridized carbons (Fsp3) is 0.545. The molecule has 1 saturated carbocycles. The maximum Gasteiger partial charge on any atom is 0.252 e. The highest BCUT2D eigenvalue weighted by atomic mass is 127. The van der Waals surface area contributed by atoms with E-state index < -0.39 is 0 Å². The molecule has 1 aromatic rings. The summed E-state index contributed by atoms with van der Waals surface area (Å²) in [5.41, 5.74) is 0.933. The van der Waals surface area contributed by atoms with E-state index in [9.17, 15) is 4.79 Å². The molecule has 0 saturated heterocycles. The van der Waals surface area contributed by atoms with Crippen molar-refractivity contribution in [2.45, 2.75) is 19.3 Å². The summed E-state index contributed by atoms with van der Waals surface area (Å²) >= 11 is 3.79. The zero-order valence-corrected chi connectivity index (χ0v) is 11.8. The molecule has 0 atom stereocenters. The van der Waals surface area contributed by atoms with Crippen LogP contribution in [0.2, 0.25) is 0 Å². The maximum absolute atomic E-state index is 11.8. The van der Waals surface area contributed by atoms with Crippen LogP contribution in [0.15, 0.2) is 11.4 Å². The van der Waals surface area contributed by atoms with E-state index in [1.807, 2.05) is 11.4 Å². The van der Waals surface area contributed by atoms with Gasteiger partial charge in [0.1, 0.15) is 0 Å². The van der Waals surface area contributed by atoms with Crippen LogP contribution in [-0.2, 0) is 0 Å². The third-order valence-electron chi connectivity index (χ3n) is 3.05. The maximum atomic E-state index is 11.8. The van der Waals surface area contributed by atoms with Gasteiger partial charge in [-0.05, 0) is 53.3 Å². The Bertz CT molecular complexity index is 387. The molecule has 0 aliphatic heterocycles. The Labute approximate surface area is 112 Å². The number of halogens is 1. The first kappa shape index (κ1) is 12.3. The Morgan fingerprint density at radius 2 is 2.38 bits per heavy atom. The number of aliphatic hydroxyl groups excluding tert-OH is 1. The van der Waals surface area contributed by atoms with Crippen LogP contribution >= 0.6 is 33.9 Å². The minimum atomic E-state index is 0.00313. The van der Waals surface area contributed by atoms with Crippen LogP contribution in [0.5, 0.6) is 0 Å². The van der Waals surface area contributed by atoms with E-state index in [4.69, 9.17) is 5.11 Å². The van der Waals surface area contributed by atoms with Crippen molar-refractivity contribution in [1.82, 2.24) is 5.32 Å². The third-order valence-corrected chi connectivity index (χ3v) is 4.84. The van der Waals surface area contributed by atoms with E-state index in [0.717, 1.165) is 27.7 Å². The zero-order valence-electron chi connectivity index (χ0n) is 8.83. The molecule has 88 valence electrons. The SMILES string of the molecule is O=C(NCC1(CCO)CC1)c1csc(I)c1. The highest BCUT2D eigenvalue weighted by molar-refractivity contribution is 14.1. The number of amides is 1. The average molecular weight is 351 g/mol. The topological polar surface area (TPSA) is 49.3 Å². The van der Waals surface area contributed by atoms with Crippen LogP contribution in [0.4, 0.5) is 0 Å². The zero-order chi connectivity index (χ0) is 11.6. The first-order valence-electron chi connectivity index (χ1n) is 5.28. The molecule has 1 aliphatic carbocycles. The Hall–Kier alpha value is -0.140. The minimum absolute atomic E-state index is 0.00313. The smallest absolute Gasteiger partial charge is 0.252 e. The number of hydrogen-bond acceptors (Lipinski definition) is 3. The number of carbonyl (C=O) groups is 1. The lowest BCUT2D eigenvalue weighted by Crippen LogP contribution is -2.30. The van der Waals surface area contributed by atoms with Gasteiger partial charge in [-0.1, -0.05) is 0 Å². The molecule has 5 heteroatoms. The molecule has 0 bridgehead atoms. The largest absolute Gasteiger partial charge is 0.396 e. The summed E-state index contributed by atoms with van der Waals surface area (Å²) in [6, 6.07) is 1.90. The molecule has 1 heterocycles. The van der Waals surface area contributed by atoms with Crippen LogP contribution < -0.4 is 5.32 Å². The molecule has 0 radical (unpaired) electrons. The van der Waals surface area contributed by atoms with Gasteiger partial charge in [0.25, 0.3) is 5.91 Å². The predicted molar refractivity (Wildman–Crippen MR) is 72.7 cm³/mol. The van der Waals surface area contributed by atoms with Crippen LogP contribution in [-0.4, -0.2) is 24.2 Å². The van der Waals surface area contributed by atoms with Crippen molar-refractivity contribution >= 4 is 39.8 Å². The fourth-order valence-corrected chi connectivity index (χ4v) is 3.05. The Morgan fingerprint density at radius 1 is 1.62 bits per heavy atom. The second-order valence-electron chi connectivity index (χ2n) is 4.30. The average Bonchev–Trinajstić information content (AvgIpc) is 2.89. The van der Waals surface area contributed by atoms with Gasteiger partial charge in [-0.2, -0.15) is 0 Å². The van der Waals surface area contributed by atoms with E-state index in [0.29, 0.717) is 6.54 Å². The van der Waals surface area contributed by atoms with Gasteiger partial charge in [0.05, 0.1) is 8.45 Å². The van der Waals surface area contributed by atoms with Gasteiger partial charge >= 0.3 is 0 Å². The molecule has 2 N–H and O–H groups in total. The molecule has 0 spiro atoms. The minimum Gasteiger partial charge on any atom is -0.396 e. The number of nitrogens with one attached hydrogen (secondary N) is 1. The normalized spacial score (nSPS) is 17.1. The first-order chi connectivity index (χ1) is 7.65. The summed E-state index contributed by atoms with van der Waals surface area (Å²) < 4.78 is 1.12. The fourth-order valence-electron chi connectivity index (χ4n) is 1.73. The molecule has 16 heavy (non-hydrogen) atoms. The Morgan fingerprint density at radius 3 is 2.88 bits per heavy atom. The van der Waals surface area contributed by atoms with Gasteiger partial charge in [-0.25, -0.2) is 0 Å². The van der Waals surface area contributed by atoms with E-state index in [-0.39, 0.29) is 17.9 Å². The van der Waals surface area contributed by atoms with Crippen molar-refractivity contribution in [3.05, 3.63) is 19.9 Å². The Kier molecular flexibility index (Phi) is 3.86. The quantitative estimate of drug-likeness (QED) is 0.800. The van der Waals surface area contributed by atoms with Crippen molar-refractivity contribution in [2.75, 3.05) is 13.2 Å². The molecular weight excluding hydrogens is 337 g/mol. The second kappa shape index (κ2) is 5.01. The molecule has 0 unspecified atom stereocenters. The first-order valence-corrected chi connectivity index (χ1v) is 7.24. The second-order valence-corrected chi connectivity index (χ2v) is 7.10. The van der Waals surface area contributed by atoms with Gasteiger partial charge < -0.3 is 10.4 Å².